The number of carbonyl (C=O) groups excluding carboxylic acids is 2. The SMILES string of the molecule is O=C(N[C@@H](Cc1c[nH]c2ccccc12)C(=O)OCc1ccc(-n2cccn2)cc1)c1ccccc1Cl. The third-order valence-electron chi connectivity index (χ3n) is 5.89. The van der Waals surface area contributed by atoms with Gasteiger partial charge in [-0.2, -0.15) is 5.10 Å². The third kappa shape index (κ3) is 5.16. The Hall–Kier alpha value is -4.36. The Morgan fingerprint density at radius 1 is 1.00 bits per heavy atom. The molecule has 0 aliphatic heterocycles. The number of amides is 1. The number of nitrogens with zero attached hydrogens (tertiary/aromatic N) is 2. The Kier molecular flexibility index (Phi) is 6.82. The number of benzene rings is 3. The molecule has 180 valence electrons. The molecule has 0 radical (unpaired) electrons. The first-order chi connectivity index (χ1) is 17.6. The fourth-order valence-electron chi connectivity index (χ4n) is 4.02. The van der Waals surface area contributed by atoms with E-state index < -0.39 is 17.9 Å². The van der Waals surface area contributed by atoms with E-state index >= 15 is 0 Å². The van der Waals surface area contributed by atoms with Crippen LogP contribution in [0, 0.1) is 0 Å². The van der Waals surface area contributed by atoms with Gasteiger partial charge in [-0.3, -0.25) is 4.79 Å². The van der Waals surface area contributed by atoms with Crippen molar-refractivity contribution in [3.8, 4) is 5.69 Å². The molecule has 7 nitrogen and oxygen atoms in total. The predicted octanol–water partition coefficient (Wildman–Crippen LogP) is 5.09. The number of hydrogen-bond acceptors (Lipinski definition) is 4. The lowest BCUT2D eigenvalue weighted by molar-refractivity contribution is -0.147. The highest BCUT2D eigenvalue weighted by molar-refractivity contribution is 6.33. The molecule has 0 unspecified atom stereocenters. The molecule has 5 rings (SSSR count). The van der Waals surface area contributed by atoms with Gasteiger partial charge < -0.3 is 15.0 Å². The van der Waals surface area contributed by atoms with Gasteiger partial charge in [-0.05, 0) is 47.5 Å². The third-order valence-corrected chi connectivity index (χ3v) is 6.22. The number of aromatic nitrogens is 3. The molecule has 0 saturated carbocycles. The van der Waals surface area contributed by atoms with E-state index in [-0.39, 0.29) is 13.0 Å². The van der Waals surface area contributed by atoms with E-state index in [1.54, 1.807) is 35.1 Å². The van der Waals surface area contributed by atoms with E-state index in [0.717, 1.165) is 27.7 Å². The molecule has 1 amide bonds. The number of esters is 1. The lowest BCUT2D eigenvalue weighted by Gasteiger charge is -2.18. The fraction of sp³-hybridized carbons (Fsp3) is 0.107. The van der Waals surface area contributed by atoms with Gasteiger partial charge in [0.05, 0.1) is 16.3 Å². The minimum Gasteiger partial charge on any atom is -0.459 e. The molecule has 0 aliphatic rings. The van der Waals surface area contributed by atoms with E-state index in [9.17, 15) is 9.59 Å². The van der Waals surface area contributed by atoms with Crippen LogP contribution in [-0.2, 0) is 22.6 Å². The second kappa shape index (κ2) is 10.5. The van der Waals surface area contributed by atoms with Gasteiger partial charge in [0.15, 0.2) is 0 Å². The molecule has 1 atom stereocenters. The Morgan fingerprint density at radius 3 is 2.56 bits per heavy atom. The van der Waals surface area contributed by atoms with Gasteiger partial charge >= 0.3 is 5.97 Å². The molecule has 2 N–H and O–H groups in total. The van der Waals surface area contributed by atoms with Crippen LogP contribution in [0.2, 0.25) is 5.02 Å². The summed E-state index contributed by atoms with van der Waals surface area (Å²) in [5, 5.41) is 8.32. The highest BCUT2D eigenvalue weighted by Crippen LogP contribution is 2.21. The van der Waals surface area contributed by atoms with Crippen molar-refractivity contribution in [3.63, 3.8) is 0 Å². The molecular formula is C28H23ClN4O3. The van der Waals surface area contributed by atoms with E-state index in [1.165, 1.54) is 0 Å². The molecular weight excluding hydrogens is 476 g/mol. The molecule has 5 aromatic rings. The Balaban J connectivity index is 1.33. The van der Waals surface area contributed by atoms with Crippen molar-refractivity contribution in [2.24, 2.45) is 0 Å². The molecule has 0 saturated heterocycles. The molecule has 3 aromatic carbocycles. The lowest BCUT2D eigenvalue weighted by atomic mass is 10.0. The summed E-state index contributed by atoms with van der Waals surface area (Å²) < 4.78 is 7.38. The summed E-state index contributed by atoms with van der Waals surface area (Å²) in [6, 6.07) is 23.0. The number of fused-ring (bicyclic) bond motifs is 1. The van der Waals surface area contributed by atoms with Crippen molar-refractivity contribution in [3.05, 3.63) is 119 Å². The van der Waals surface area contributed by atoms with Crippen molar-refractivity contribution in [2.75, 3.05) is 0 Å². The standard InChI is InChI=1S/C28H23ClN4O3/c29-24-8-3-1-7-23(24)27(34)32-26(16-20-17-30-25-9-4-2-6-22(20)25)28(35)36-18-19-10-12-21(13-11-19)33-15-5-14-31-33/h1-15,17,26,30H,16,18H2,(H,32,34)/t26-/m0/s1. The first kappa shape index (κ1) is 23.4. The van der Waals surface area contributed by atoms with Gasteiger partial charge in [-0.25, -0.2) is 9.48 Å². The zero-order valence-corrected chi connectivity index (χ0v) is 20.0. The average molecular weight is 499 g/mol. The maximum absolute atomic E-state index is 13.2. The minimum absolute atomic E-state index is 0.0740. The molecule has 36 heavy (non-hydrogen) atoms. The van der Waals surface area contributed by atoms with Crippen LogP contribution in [0.25, 0.3) is 16.6 Å². The monoisotopic (exact) mass is 498 g/mol. The number of H-pyrrole nitrogens is 1. The fourth-order valence-corrected chi connectivity index (χ4v) is 4.24. The molecule has 0 bridgehead atoms. The largest absolute Gasteiger partial charge is 0.459 e. The smallest absolute Gasteiger partial charge is 0.329 e. The van der Waals surface area contributed by atoms with Gasteiger partial charge in [-0.15, -0.1) is 0 Å². The predicted molar refractivity (Wildman–Crippen MR) is 138 cm³/mol. The Labute approximate surface area is 212 Å². The first-order valence-electron chi connectivity index (χ1n) is 11.4. The van der Waals surface area contributed by atoms with E-state index in [1.807, 2.05) is 67.0 Å². The molecule has 0 spiro atoms. The quantitative estimate of drug-likeness (QED) is 0.292. The van der Waals surface area contributed by atoms with Gasteiger partial charge in [0.1, 0.15) is 12.6 Å². The van der Waals surface area contributed by atoms with Crippen LogP contribution in [0.4, 0.5) is 0 Å². The van der Waals surface area contributed by atoms with Crippen LogP contribution in [-0.4, -0.2) is 32.7 Å². The lowest BCUT2D eigenvalue weighted by Crippen LogP contribution is -2.43. The van der Waals surface area contributed by atoms with Crippen LogP contribution in [0.15, 0.2) is 97.5 Å². The van der Waals surface area contributed by atoms with Crippen molar-refractivity contribution >= 4 is 34.4 Å². The molecule has 2 aromatic heterocycles. The van der Waals surface area contributed by atoms with Gasteiger partial charge in [-0.1, -0.05) is 54.1 Å². The summed E-state index contributed by atoms with van der Waals surface area (Å²) in [6.07, 6.45) is 5.67. The number of carbonyl (C=O) groups is 2. The number of para-hydroxylation sites is 1. The first-order valence-corrected chi connectivity index (χ1v) is 11.8. The van der Waals surface area contributed by atoms with Crippen LogP contribution < -0.4 is 5.32 Å². The number of aromatic amines is 1. The van der Waals surface area contributed by atoms with Crippen molar-refractivity contribution in [2.45, 2.75) is 19.1 Å². The maximum atomic E-state index is 13.2. The summed E-state index contributed by atoms with van der Waals surface area (Å²) >= 11 is 6.21. The topological polar surface area (TPSA) is 89.0 Å². The zero-order chi connectivity index (χ0) is 24.9. The summed E-state index contributed by atoms with van der Waals surface area (Å²) in [4.78, 5) is 29.4. The highest BCUT2D eigenvalue weighted by Gasteiger charge is 2.25. The summed E-state index contributed by atoms with van der Waals surface area (Å²) in [5.74, 6) is -0.970. The van der Waals surface area contributed by atoms with Crippen molar-refractivity contribution in [1.82, 2.24) is 20.1 Å². The number of rotatable bonds is 8. The highest BCUT2D eigenvalue weighted by atomic mass is 35.5. The minimum atomic E-state index is -0.906. The molecule has 2 heterocycles. The van der Waals surface area contributed by atoms with Crippen molar-refractivity contribution in [1.29, 1.82) is 0 Å². The number of hydrogen-bond donors (Lipinski definition) is 2. The average Bonchev–Trinajstić information content (AvgIpc) is 3.58. The maximum Gasteiger partial charge on any atom is 0.329 e. The second-order valence-corrected chi connectivity index (χ2v) is 8.70. The summed E-state index contributed by atoms with van der Waals surface area (Å²) in [6.45, 7) is 0.0740. The van der Waals surface area contributed by atoms with Gasteiger partial charge in [0.25, 0.3) is 5.91 Å². The molecule has 8 heteroatoms. The molecule has 0 aliphatic carbocycles. The van der Waals surface area contributed by atoms with E-state index in [0.29, 0.717) is 10.6 Å². The summed E-state index contributed by atoms with van der Waals surface area (Å²) in [5.41, 5.74) is 3.87. The Morgan fingerprint density at radius 2 is 1.78 bits per heavy atom. The Bertz CT molecular complexity index is 1490. The summed E-state index contributed by atoms with van der Waals surface area (Å²) in [7, 11) is 0. The second-order valence-electron chi connectivity index (χ2n) is 8.29. The van der Waals surface area contributed by atoms with Crippen molar-refractivity contribution < 1.29 is 14.3 Å². The normalized spacial score (nSPS) is 11.8. The van der Waals surface area contributed by atoms with Crippen LogP contribution in [0.1, 0.15) is 21.5 Å². The number of nitrogens with one attached hydrogen (secondary N) is 2. The van der Waals surface area contributed by atoms with Crippen LogP contribution in [0.3, 0.4) is 0 Å². The molecule has 0 fully saturated rings. The van der Waals surface area contributed by atoms with Gasteiger partial charge in [0, 0.05) is 35.9 Å². The number of halogens is 1. The number of ether oxygens (including phenoxy) is 1. The van der Waals surface area contributed by atoms with Crippen LogP contribution >= 0.6 is 11.6 Å². The van der Waals surface area contributed by atoms with Crippen LogP contribution in [0.5, 0.6) is 0 Å². The van der Waals surface area contributed by atoms with E-state index in [4.69, 9.17) is 16.3 Å². The van der Waals surface area contributed by atoms with Gasteiger partial charge in [0.2, 0.25) is 0 Å². The zero-order valence-electron chi connectivity index (χ0n) is 19.2. The van der Waals surface area contributed by atoms with E-state index in [2.05, 4.69) is 15.4 Å².